The van der Waals surface area contributed by atoms with Gasteiger partial charge in [0.2, 0.25) is 9.84 Å². The predicted molar refractivity (Wildman–Crippen MR) is 78.0 cm³/mol. The molecule has 0 saturated carbocycles. The van der Waals surface area contributed by atoms with Gasteiger partial charge in [-0.25, -0.2) is 13.2 Å². The van der Waals surface area contributed by atoms with Crippen molar-refractivity contribution < 1.29 is 18.3 Å². The van der Waals surface area contributed by atoms with Gasteiger partial charge >= 0.3 is 5.97 Å². The van der Waals surface area contributed by atoms with Crippen LogP contribution in [0.25, 0.3) is 0 Å². The Hall–Kier alpha value is -2.34. The second-order valence-electron chi connectivity index (χ2n) is 4.67. The summed E-state index contributed by atoms with van der Waals surface area (Å²) >= 11 is 0. The molecule has 0 spiro atoms. The zero-order valence-corrected chi connectivity index (χ0v) is 12.1. The average Bonchev–Trinajstić information content (AvgIpc) is 2.47. The number of fused-ring (bicyclic) bond motifs is 2. The summed E-state index contributed by atoms with van der Waals surface area (Å²) in [6, 6.07) is 11.2. The lowest BCUT2D eigenvalue weighted by atomic mass is 10.1. The van der Waals surface area contributed by atoms with E-state index in [-0.39, 0.29) is 15.4 Å². The van der Waals surface area contributed by atoms with Crippen molar-refractivity contribution in [2.75, 3.05) is 11.4 Å². The van der Waals surface area contributed by atoms with Crippen LogP contribution in [0, 0.1) is 0 Å². The molecular formula is C15H13NO4S. The number of carboxylic acids is 1. The predicted octanol–water partition coefficient (Wildman–Crippen LogP) is 2.69. The second-order valence-corrected chi connectivity index (χ2v) is 6.53. The summed E-state index contributed by atoms with van der Waals surface area (Å²) in [5, 5.41) is 9.30. The van der Waals surface area contributed by atoms with Gasteiger partial charge < -0.3 is 10.0 Å². The number of benzene rings is 2. The number of sulfone groups is 1. The van der Waals surface area contributed by atoms with Gasteiger partial charge in [0.05, 0.1) is 21.8 Å². The Labute approximate surface area is 122 Å². The summed E-state index contributed by atoms with van der Waals surface area (Å²) in [7, 11) is -3.84. The molecular weight excluding hydrogens is 290 g/mol. The van der Waals surface area contributed by atoms with Crippen molar-refractivity contribution in [3.63, 3.8) is 0 Å². The first kappa shape index (κ1) is 13.6. The molecule has 6 heteroatoms. The Bertz CT molecular complexity index is 843. The summed E-state index contributed by atoms with van der Waals surface area (Å²) in [6.45, 7) is 2.44. The molecule has 0 aromatic heterocycles. The fourth-order valence-electron chi connectivity index (χ4n) is 2.68. The minimum absolute atomic E-state index is 0.127. The molecule has 0 radical (unpaired) electrons. The molecule has 0 aliphatic carbocycles. The average molecular weight is 303 g/mol. The lowest BCUT2D eigenvalue weighted by Crippen LogP contribution is -2.27. The van der Waals surface area contributed by atoms with E-state index >= 15 is 0 Å². The van der Waals surface area contributed by atoms with Crippen LogP contribution in [0.4, 0.5) is 11.4 Å². The van der Waals surface area contributed by atoms with Crippen molar-refractivity contribution in [1.82, 2.24) is 0 Å². The van der Waals surface area contributed by atoms with Crippen LogP contribution in [0.2, 0.25) is 0 Å². The van der Waals surface area contributed by atoms with Crippen LogP contribution in [0.3, 0.4) is 0 Å². The van der Waals surface area contributed by atoms with Crippen LogP contribution >= 0.6 is 0 Å². The van der Waals surface area contributed by atoms with Crippen LogP contribution in [-0.4, -0.2) is 26.0 Å². The van der Waals surface area contributed by atoms with E-state index in [4.69, 9.17) is 0 Å². The maximum absolute atomic E-state index is 12.8. The monoisotopic (exact) mass is 303 g/mol. The van der Waals surface area contributed by atoms with Gasteiger partial charge in [-0.15, -0.1) is 0 Å². The fourth-order valence-corrected chi connectivity index (χ4v) is 4.51. The Kier molecular flexibility index (Phi) is 2.98. The number of para-hydroxylation sites is 1. The van der Waals surface area contributed by atoms with E-state index in [9.17, 15) is 18.3 Å². The quantitative estimate of drug-likeness (QED) is 0.923. The molecule has 0 fully saturated rings. The van der Waals surface area contributed by atoms with Crippen molar-refractivity contribution in [1.29, 1.82) is 0 Å². The van der Waals surface area contributed by atoms with Crippen molar-refractivity contribution in [3.05, 3.63) is 48.0 Å². The zero-order valence-electron chi connectivity index (χ0n) is 11.3. The van der Waals surface area contributed by atoms with Crippen LogP contribution in [0.15, 0.2) is 52.3 Å². The molecule has 0 atom stereocenters. The summed E-state index contributed by atoms with van der Waals surface area (Å²) in [5.74, 6) is -1.24. The number of nitrogens with zero attached hydrogens (tertiary/aromatic N) is 1. The molecule has 0 unspecified atom stereocenters. The van der Waals surface area contributed by atoms with E-state index in [1.54, 1.807) is 30.3 Å². The van der Waals surface area contributed by atoms with Gasteiger partial charge in [0.25, 0.3) is 0 Å². The third-order valence-corrected chi connectivity index (χ3v) is 5.44. The molecule has 1 aliphatic heterocycles. The highest BCUT2D eigenvalue weighted by Crippen LogP contribution is 2.45. The van der Waals surface area contributed by atoms with Crippen molar-refractivity contribution >= 4 is 27.2 Å². The van der Waals surface area contributed by atoms with Gasteiger partial charge in [-0.05, 0) is 31.2 Å². The summed E-state index contributed by atoms with van der Waals surface area (Å²) in [6.07, 6.45) is 0. The van der Waals surface area contributed by atoms with Gasteiger partial charge in [0, 0.05) is 6.54 Å². The Morgan fingerprint density at radius 2 is 1.76 bits per heavy atom. The van der Waals surface area contributed by atoms with E-state index in [0.717, 1.165) is 0 Å². The topological polar surface area (TPSA) is 74.7 Å². The van der Waals surface area contributed by atoms with Gasteiger partial charge in [0.1, 0.15) is 4.90 Å². The van der Waals surface area contributed by atoms with Crippen LogP contribution in [0.1, 0.15) is 17.3 Å². The maximum Gasteiger partial charge on any atom is 0.337 e. The Balaban J connectivity index is 2.45. The van der Waals surface area contributed by atoms with Gasteiger partial charge in [-0.1, -0.05) is 18.2 Å². The molecule has 2 aromatic carbocycles. The normalized spacial score (nSPS) is 15.2. The number of carbonyl (C=O) groups is 1. The molecule has 21 heavy (non-hydrogen) atoms. The summed E-state index contributed by atoms with van der Waals surface area (Å²) in [4.78, 5) is 13.2. The Morgan fingerprint density at radius 3 is 2.43 bits per heavy atom. The lowest BCUT2D eigenvalue weighted by molar-refractivity contribution is 0.0692. The number of carboxylic acid groups (broad SMARTS) is 1. The van der Waals surface area contributed by atoms with E-state index in [1.165, 1.54) is 12.1 Å². The van der Waals surface area contributed by atoms with Crippen molar-refractivity contribution in [2.24, 2.45) is 0 Å². The fraction of sp³-hybridized carbons (Fsp3) is 0.133. The zero-order chi connectivity index (χ0) is 15.2. The summed E-state index contributed by atoms with van der Waals surface area (Å²) < 4.78 is 25.6. The lowest BCUT2D eigenvalue weighted by Gasteiger charge is -2.32. The highest BCUT2D eigenvalue weighted by Gasteiger charge is 2.36. The number of hydrogen-bond donors (Lipinski definition) is 1. The van der Waals surface area contributed by atoms with Gasteiger partial charge in [0.15, 0.2) is 0 Å². The Morgan fingerprint density at radius 1 is 1.10 bits per heavy atom. The van der Waals surface area contributed by atoms with E-state index in [0.29, 0.717) is 17.9 Å². The number of anilines is 2. The maximum atomic E-state index is 12.8. The molecule has 1 aliphatic rings. The highest BCUT2D eigenvalue weighted by molar-refractivity contribution is 7.92. The molecule has 0 amide bonds. The molecule has 0 bridgehead atoms. The number of rotatable bonds is 2. The minimum atomic E-state index is -3.84. The SMILES string of the molecule is CCN1c2ccccc2S(=O)(=O)c2c(C(=O)O)cccc21. The second kappa shape index (κ2) is 4.60. The third kappa shape index (κ3) is 1.83. The van der Waals surface area contributed by atoms with E-state index < -0.39 is 15.8 Å². The van der Waals surface area contributed by atoms with Crippen molar-refractivity contribution in [3.8, 4) is 0 Å². The highest BCUT2D eigenvalue weighted by atomic mass is 32.2. The van der Waals surface area contributed by atoms with Gasteiger partial charge in [-0.3, -0.25) is 0 Å². The smallest absolute Gasteiger partial charge is 0.337 e. The van der Waals surface area contributed by atoms with Gasteiger partial charge in [-0.2, -0.15) is 0 Å². The first-order chi connectivity index (χ1) is 9.98. The number of hydrogen-bond acceptors (Lipinski definition) is 4. The molecule has 5 nitrogen and oxygen atoms in total. The van der Waals surface area contributed by atoms with Crippen LogP contribution in [0.5, 0.6) is 0 Å². The molecule has 1 N–H and O–H groups in total. The molecule has 0 saturated heterocycles. The minimum Gasteiger partial charge on any atom is -0.478 e. The molecule has 3 rings (SSSR count). The number of aromatic carboxylic acids is 1. The first-order valence-electron chi connectivity index (χ1n) is 6.46. The van der Waals surface area contributed by atoms with Crippen LogP contribution in [-0.2, 0) is 9.84 Å². The third-order valence-electron chi connectivity index (χ3n) is 3.55. The van der Waals surface area contributed by atoms with Crippen LogP contribution < -0.4 is 4.90 Å². The standard InChI is InChI=1S/C15H13NO4S/c1-2-16-11-7-3-4-9-13(11)21(19,20)14-10(15(17)18)6-5-8-12(14)16/h3-9H,2H2,1H3,(H,17,18). The molecule has 1 heterocycles. The van der Waals surface area contributed by atoms with E-state index in [1.807, 2.05) is 11.8 Å². The molecule has 108 valence electrons. The van der Waals surface area contributed by atoms with E-state index in [2.05, 4.69) is 0 Å². The largest absolute Gasteiger partial charge is 0.478 e. The first-order valence-corrected chi connectivity index (χ1v) is 7.94. The summed E-state index contributed by atoms with van der Waals surface area (Å²) in [5.41, 5.74) is 0.798. The molecule has 2 aromatic rings. The van der Waals surface area contributed by atoms with Crippen molar-refractivity contribution in [2.45, 2.75) is 16.7 Å².